The number of carbonyl (C=O) groups excluding carboxylic acids is 1. The summed E-state index contributed by atoms with van der Waals surface area (Å²) in [6.45, 7) is 0.800. The minimum Gasteiger partial charge on any atom is -0.492 e. The Balaban J connectivity index is 1.87. The molecule has 0 radical (unpaired) electrons. The highest BCUT2D eigenvalue weighted by Crippen LogP contribution is 2.15. The summed E-state index contributed by atoms with van der Waals surface area (Å²) in [4.78, 5) is 17.7. The minimum atomic E-state index is -0.229. The number of rotatable bonds is 5. The standard InChI is InChI=1S/C15H16ClN3O2/c1-19(15(20)14-13(17)3-2-8-18-14)9-10-21-12-6-4-11(16)5-7-12/h2-8H,9-10,17H2,1H3. The molecule has 0 aliphatic carbocycles. The van der Waals surface area contributed by atoms with Gasteiger partial charge in [0.05, 0.1) is 12.2 Å². The number of nitrogen functional groups attached to an aromatic ring is 1. The van der Waals surface area contributed by atoms with Crippen molar-refractivity contribution in [1.29, 1.82) is 0 Å². The number of pyridine rings is 1. The molecule has 0 saturated heterocycles. The number of hydrogen-bond donors (Lipinski definition) is 1. The molecule has 0 spiro atoms. The van der Waals surface area contributed by atoms with Crippen LogP contribution in [0, 0.1) is 0 Å². The molecule has 6 heteroatoms. The van der Waals surface area contributed by atoms with E-state index in [1.165, 1.54) is 4.90 Å². The number of aromatic nitrogens is 1. The lowest BCUT2D eigenvalue weighted by Crippen LogP contribution is -2.32. The predicted molar refractivity (Wildman–Crippen MR) is 82.6 cm³/mol. The van der Waals surface area contributed by atoms with E-state index in [9.17, 15) is 4.79 Å². The summed E-state index contributed by atoms with van der Waals surface area (Å²) < 4.78 is 5.54. The molecule has 1 aromatic heterocycles. The number of nitrogens with two attached hydrogens (primary N) is 1. The topological polar surface area (TPSA) is 68.5 Å². The van der Waals surface area contributed by atoms with Gasteiger partial charge in [0.1, 0.15) is 12.4 Å². The maximum atomic E-state index is 12.2. The number of halogens is 1. The van der Waals surface area contributed by atoms with Crippen molar-refractivity contribution in [2.75, 3.05) is 25.9 Å². The van der Waals surface area contributed by atoms with E-state index in [1.54, 1.807) is 49.6 Å². The van der Waals surface area contributed by atoms with Gasteiger partial charge in [-0.3, -0.25) is 4.79 Å². The number of nitrogens with zero attached hydrogens (tertiary/aromatic N) is 2. The number of amides is 1. The van der Waals surface area contributed by atoms with Crippen LogP contribution in [0.15, 0.2) is 42.6 Å². The smallest absolute Gasteiger partial charge is 0.274 e. The van der Waals surface area contributed by atoms with Gasteiger partial charge in [-0.1, -0.05) is 11.6 Å². The van der Waals surface area contributed by atoms with Crippen LogP contribution >= 0.6 is 11.6 Å². The number of likely N-dealkylation sites (N-methyl/N-ethyl adjacent to an activating group) is 1. The largest absolute Gasteiger partial charge is 0.492 e. The quantitative estimate of drug-likeness (QED) is 0.921. The molecule has 0 bridgehead atoms. The SMILES string of the molecule is CN(CCOc1ccc(Cl)cc1)C(=O)c1ncccc1N. The Kier molecular flexibility index (Phi) is 5.00. The summed E-state index contributed by atoms with van der Waals surface area (Å²) in [5, 5.41) is 0.653. The van der Waals surface area contributed by atoms with Crippen LogP contribution in [0.4, 0.5) is 5.69 Å². The molecular weight excluding hydrogens is 290 g/mol. The Bertz CT molecular complexity index is 617. The summed E-state index contributed by atoms with van der Waals surface area (Å²) in [7, 11) is 1.68. The van der Waals surface area contributed by atoms with Gasteiger partial charge >= 0.3 is 0 Å². The van der Waals surface area contributed by atoms with E-state index in [4.69, 9.17) is 22.1 Å². The first-order chi connectivity index (χ1) is 10.1. The van der Waals surface area contributed by atoms with Crippen molar-refractivity contribution in [1.82, 2.24) is 9.88 Å². The van der Waals surface area contributed by atoms with Crippen LogP contribution in [0.2, 0.25) is 5.02 Å². The second-order valence-electron chi connectivity index (χ2n) is 4.47. The van der Waals surface area contributed by atoms with Crippen LogP contribution < -0.4 is 10.5 Å². The zero-order valence-corrected chi connectivity index (χ0v) is 12.4. The molecule has 110 valence electrons. The number of ether oxygens (including phenoxy) is 1. The Hall–Kier alpha value is -2.27. The van der Waals surface area contributed by atoms with Gasteiger partial charge in [0, 0.05) is 18.3 Å². The van der Waals surface area contributed by atoms with Crippen LogP contribution in [-0.2, 0) is 0 Å². The molecule has 0 atom stereocenters. The lowest BCUT2D eigenvalue weighted by Gasteiger charge is -2.17. The van der Waals surface area contributed by atoms with Crippen molar-refractivity contribution in [3.63, 3.8) is 0 Å². The van der Waals surface area contributed by atoms with Crippen LogP contribution in [0.25, 0.3) is 0 Å². The first kappa shape index (κ1) is 15.1. The van der Waals surface area contributed by atoms with E-state index in [0.29, 0.717) is 29.6 Å². The third-order valence-corrected chi connectivity index (χ3v) is 3.15. The lowest BCUT2D eigenvalue weighted by atomic mass is 10.2. The predicted octanol–water partition coefficient (Wildman–Crippen LogP) is 2.47. The molecule has 1 heterocycles. The highest BCUT2D eigenvalue weighted by molar-refractivity contribution is 6.30. The lowest BCUT2D eigenvalue weighted by molar-refractivity contribution is 0.0769. The van der Waals surface area contributed by atoms with Crippen molar-refractivity contribution in [3.8, 4) is 5.75 Å². The summed E-state index contributed by atoms with van der Waals surface area (Å²) in [5.74, 6) is 0.477. The molecule has 2 N–H and O–H groups in total. The fourth-order valence-electron chi connectivity index (χ4n) is 1.71. The third kappa shape index (κ3) is 4.10. The molecule has 1 aromatic carbocycles. The third-order valence-electron chi connectivity index (χ3n) is 2.90. The van der Waals surface area contributed by atoms with Gasteiger partial charge in [0.15, 0.2) is 5.69 Å². The number of benzene rings is 1. The van der Waals surface area contributed by atoms with Crippen LogP contribution in [0.5, 0.6) is 5.75 Å². The second kappa shape index (κ2) is 6.95. The first-order valence-electron chi connectivity index (χ1n) is 6.42. The zero-order chi connectivity index (χ0) is 15.2. The molecule has 1 amide bonds. The first-order valence-corrected chi connectivity index (χ1v) is 6.80. The van der Waals surface area contributed by atoms with Gasteiger partial charge in [-0.2, -0.15) is 0 Å². The summed E-state index contributed by atoms with van der Waals surface area (Å²) >= 11 is 5.79. The molecule has 5 nitrogen and oxygen atoms in total. The summed E-state index contributed by atoms with van der Waals surface area (Å²) in [6.07, 6.45) is 1.54. The number of hydrogen-bond acceptors (Lipinski definition) is 4. The van der Waals surface area contributed by atoms with Crippen molar-refractivity contribution >= 4 is 23.2 Å². The number of anilines is 1. The van der Waals surface area contributed by atoms with Crippen LogP contribution in [0.1, 0.15) is 10.5 Å². The Morgan fingerprint density at radius 3 is 2.71 bits per heavy atom. The highest BCUT2D eigenvalue weighted by Gasteiger charge is 2.15. The second-order valence-corrected chi connectivity index (χ2v) is 4.91. The van der Waals surface area contributed by atoms with Gasteiger partial charge in [-0.15, -0.1) is 0 Å². The normalized spacial score (nSPS) is 10.2. The van der Waals surface area contributed by atoms with E-state index < -0.39 is 0 Å². The fraction of sp³-hybridized carbons (Fsp3) is 0.200. The van der Waals surface area contributed by atoms with E-state index in [1.807, 2.05) is 0 Å². The molecule has 21 heavy (non-hydrogen) atoms. The molecule has 2 aromatic rings. The maximum Gasteiger partial charge on any atom is 0.274 e. The molecule has 0 aliphatic rings. The Morgan fingerprint density at radius 2 is 2.05 bits per heavy atom. The molecule has 0 unspecified atom stereocenters. The summed E-state index contributed by atoms with van der Waals surface area (Å²) in [6, 6.07) is 10.4. The van der Waals surface area contributed by atoms with E-state index in [-0.39, 0.29) is 11.6 Å². The molecule has 0 aliphatic heterocycles. The zero-order valence-electron chi connectivity index (χ0n) is 11.6. The van der Waals surface area contributed by atoms with Gasteiger partial charge in [0.2, 0.25) is 0 Å². The number of carbonyl (C=O) groups is 1. The fourth-order valence-corrected chi connectivity index (χ4v) is 1.84. The average Bonchev–Trinajstić information content (AvgIpc) is 2.49. The molecule has 2 rings (SSSR count). The molecule has 0 saturated carbocycles. The van der Waals surface area contributed by atoms with Gasteiger partial charge in [-0.05, 0) is 36.4 Å². The average molecular weight is 306 g/mol. The van der Waals surface area contributed by atoms with Crippen molar-refractivity contribution in [2.45, 2.75) is 0 Å². The Labute approximate surface area is 128 Å². The Morgan fingerprint density at radius 1 is 1.33 bits per heavy atom. The van der Waals surface area contributed by atoms with Crippen molar-refractivity contribution < 1.29 is 9.53 Å². The maximum absolute atomic E-state index is 12.2. The van der Waals surface area contributed by atoms with Crippen molar-refractivity contribution in [2.24, 2.45) is 0 Å². The van der Waals surface area contributed by atoms with E-state index in [2.05, 4.69) is 4.98 Å². The molecule has 0 fully saturated rings. The van der Waals surface area contributed by atoms with Gasteiger partial charge in [0.25, 0.3) is 5.91 Å². The summed E-state index contributed by atoms with van der Waals surface area (Å²) in [5.41, 5.74) is 6.36. The van der Waals surface area contributed by atoms with E-state index in [0.717, 1.165) is 0 Å². The van der Waals surface area contributed by atoms with Crippen molar-refractivity contribution in [3.05, 3.63) is 53.3 Å². The van der Waals surface area contributed by atoms with Gasteiger partial charge in [-0.25, -0.2) is 4.98 Å². The van der Waals surface area contributed by atoms with Gasteiger partial charge < -0.3 is 15.4 Å². The van der Waals surface area contributed by atoms with Crippen LogP contribution in [0.3, 0.4) is 0 Å². The highest BCUT2D eigenvalue weighted by atomic mass is 35.5. The minimum absolute atomic E-state index is 0.229. The molecular formula is C15H16ClN3O2. The van der Waals surface area contributed by atoms with E-state index >= 15 is 0 Å². The monoisotopic (exact) mass is 305 g/mol. The van der Waals surface area contributed by atoms with Crippen LogP contribution in [-0.4, -0.2) is 36.0 Å².